The van der Waals surface area contributed by atoms with Gasteiger partial charge in [-0.2, -0.15) is 0 Å². The molecule has 0 aliphatic carbocycles. The third-order valence-electron chi connectivity index (χ3n) is 4.03. The van der Waals surface area contributed by atoms with Crippen molar-refractivity contribution in [3.63, 3.8) is 0 Å². The second kappa shape index (κ2) is 6.51. The van der Waals surface area contributed by atoms with Crippen molar-refractivity contribution in [2.45, 2.75) is 13.6 Å². The summed E-state index contributed by atoms with van der Waals surface area (Å²) in [5, 5.41) is 3.12. The number of aryl methyl sites for hydroxylation is 1. The van der Waals surface area contributed by atoms with Crippen molar-refractivity contribution < 1.29 is 8.78 Å². The van der Waals surface area contributed by atoms with E-state index >= 15 is 0 Å². The molecule has 0 fully saturated rings. The number of rotatable bonds is 4. The summed E-state index contributed by atoms with van der Waals surface area (Å²) < 4.78 is 28.6. The lowest BCUT2D eigenvalue weighted by molar-refractivity contribution is 0.485. The molecule has 1 N–H and O–H groups in total. The fourth-order valence-corrected chi connectivity index (χ4v) is 2.83. The standard InChI is InChI=1S/C19H15F2N5/c1-12-23-16-4-2-3-15(21)19(16)26(12)18-11-22-10-17(25-18)24-14-7-5-13(9-20)6-8-14/h2-8,10-11H,9H2,1H3,(H,24,25). The normalized spacial score (nSPS) is 11.0. The van der Waals surface area contributed by atoms with Crippen molar-refractivity contribution in [2.75, 3.05) is 5.32 Å². The summed E-state index contributed by atoms with van der Waals surface area (Å²) in [5.41, 5.74) is 2.28. The van der Waals surface area contributed by atoms with Gasteiger partial charge >= 0.3 is 0 Å². The Morgan fingerprint density at radius 2 is 1.85 bits per heavy atom. The number of hydrogen-bond acceptors (Lipinski definition) is 4. The molecule has 26 heavy (non-hydrogen) atoms. The van der Waals surface area contributed by atoms with E-state index in [1.165, 1.54) is 6.07 Å². The largest absolute Gasteiger partial charge is 0.339 e. The zero-order valence-electron chi connectivity index (χ0n) is 13.9. The van der Waals surface area contributed by atoms with E-state index in [0.717, 1.165) is 5.69 Å². The molecular weight excluding hydrogens is 336 g/mol. The van der Waals surface area contributed by atoms with Crippen molar-refractivity contribution in [1.29, 1.82) is 0 Å². The van der Waals surface area contributed by atoms with Crippen molar-refractivity contribution in [3.05, 3.63) is 72.1 Å². The molecule has 0 amide bonds. The van der Waals surface area contributed by atoms with E-state index in [9.17, 15) is 8.78 Å². The smallest absolute Gasteiger partial charge is 0.159 e. The summed E-state index contributed by atoms with van der Waals surface area (Å²) in [6.45, 7) is 1.28. The quantitative estimate of drug-likeness (QED) is 0.589. The van der Waals surface area contributed by atoms with Gasteiger partial charge in [0, 0.05) is 5.69 Å². The van der Waals surface area contributed by atoms with Gasteiger partial charge in [0.1, 0.15) is 23.8 Å². The number of para-hydroxylation sites is 1. The molecule has 0 unspecified atom stereocenters. The molecule has 2 heterocycles. The Morgan fingerprint density at radius 3 is 2.62 bits per heavy atom. The van der Waals surface area contributed by atoms with Crippen molar-refractivity contribution in [3.8, 4) is 5.82 Å². The van der Waals surface area contributed by atoms with Crippen molar-refractivity contribution in [1.82, 2.24) is 19.5 Å². The number of fused-ring (bicyclic) bond motifs is 1. The Balaban J connectivity index is 1.73. The number of aromatic nitrogens is 4. The molecule has 2 aromatic heterocycles. The van der Waals surface area contributed by atoms with Gasteiger partial charge in [0.15, 0.2) is 11.6 Å². The summed E-state index contributed by atoms with van der Waals surface area (Å²) in [7, 11) is 0. The van der Waals surface area contributed by atoms with Crippen LogP contribution in [0.1, 0.15) is 11.4 Å². The number of benzene rings is 2. The molecule has 2 aromatic carbocycles. The van der Waals surface area contributed by atoms with Gasteiger partial charge in [0.25, 0.3) is 0 Å². The number of nitrogens with one attached hydrogen (secondary N) is 1. The molecule has 0 spiro atoms. The lowest BCUT2D eigenvalue weighted by Gasteiger charge is -2.10. The van der Waals surface area contributed by atoms with E-state index in [2.05, 4.69) is 20.3 Å². The topological polar surface area (TPSA) is 55.6 Å². The Hall–Kier alpha value is -3.35. The molecule has 5 nitrogen and oxygen atoms in total. The van der Waals surface area contributed by atoms with Crippen molar-refractivity contribution in [2.24, 2.45) is 0 Å². The van der Waals surface area contributed by atoms with E-state index in [1.807, 2.05) is 0 Å². The third kappa shape index (κ3) is 2.88. The molecule has 130 valence electrons. The maximum absolute atomic E-state index is 14.3. The van der Waals surface area contributed by atoms with Crippen LogP contribution in [0.25, 0.3) is 16.9 Å². The van der Waals surface area contributed by atoms with E-state index < -0.39 is 6.67 Å². The van der Waals surface area contributed by atoms with Crippen LogP contribution in [0.5, 0.6) is 0 Å². The predicted molar refractivity (Wildman–Crippen MR) is 95.9 cm³/mol. The van der Waals surface area contributed by atoms with Crippen LogP contribution in [-0.4, -0.2) is 19.5 Å². The van der Waals surface area contributed by atoms with Gasteiger partial charge in [-0.05, 0) is 36.8 Å². The van der Waals surface area contributed by atoms with Gasteiger partial charge < -0.3 is 5.32 Å². The summed E-state index contributed by atoms with van der Waals surface area (Å²) in [5.74, 6) is 1.20. The number of hydrogen-bond donors (Lipinski definition) is 1. The van der Waals surface area contributed by atoms with E-state index in [4.69, 9.17) is 0 Å². The van der Waals surface area contributed by atoms with Gasteiger partial charge in [-0.15, -0.1) is 0 Å². The van der Waals surface area contributed by atoms with Crippen LogP contribution >= 0.6 is 0 Å². The SMILES string of the molecule is Cc1nc2cccc(F)c2n1-c1cncc(Nc2ccc(CF)cc2)n1. The average molecular weight is 351 g/mol. The Labute approximate surface area is 148 Å². The monoisotopic (exact) mass is 351 g/mol. The lowest BCUT2D eigenvalue weighted by atomic mass is 10.2. The fourth-order valence-electron chi connectivity index (χ4n) is 2.83. The Morgan fingerprint density at radius 1 is 1.04 bits per heavy atom. The summed E-state index contributed by atoms with van der Waals surface area (Å²) in [4.78, 5) is 13.1. The second-order valence-electron chi connectivity index (χ2n) is 5.82. The third-order valence-corrected chi connectivity index (χ3v) is 4.03. The minimum atomic E-state index is -0.506. The molecule has 4 rings (SSSR count). The lowest BCUT2D eigenvalue weighted by Crippen LogP contribution is -2.04. The van der Waals surface area contributed by atoms with Crippen LogP contribution in [0.3, 0.4) is 0 Å². The van der Waals surface area contributed by atoms with Gasteiger partial charge in [-0.25, -0.2) is 18.7 Å². The van der Waals surface area contributed by atoms with Crippen LogP contribution in [0.15, 0.2) is 54.9 Å². The number of halogens is 2. The van der Waals surface area contributed by atoms with Crippen LogP contribution in [0, 0.1) is 12.7 Å². The van der Waals surface area contributed by atoms with E-state index in [-0.39, 0.29) is 5.82 Å². The second-order valence-corrected chi connectivity index (χ2v) is 5.82. The van der Waals surface area contributed by atoms with Crippen LogP contribution in [0.4, 0.5) is 20.3 Å². The molecule has 0 bridgehead atoms. The predicted octanol–water partition coefficient (Wildman–Crippen LogP) is 4.48. The average Bonchev–Trinajstić information content (AvgIpc) is 3.00. The first-order valence-electron chi connectivity index (χ1n) is 8.03. The molecule has 0 radical (unpaired) electrons. The zero-order chi connectivity index (χ0) is 18.1. The number of alkyl halides is 1. The molecule has 0 saturated carbocycles. The Kier molecular flexibility index (Phi) is 4.04. The van der Waals surface area contributed by atoms with Crippen LogP contribution in [0.2, 0.25) is 0 Å². The van der Waals surface area contributed by atoms with Gasteiger partial charge in [-0.3, -0.25) is 9.55 Å². The summed E-state index contributed by atoms with van der Waals surface area (Å²) >= 11 is 0. The fraction of sp³-hybridized carbons (Fsp3) is 0.105. The molecular formula is C19H15F2N5. The van der Waals surface area contributed by atoms with Crippen LogP contribution in [-0.2, 0) is 6.67 Å². The first-order chi connectivity index (χ1) is 12.7. The highest BCUT2D eigenvalue weighted by Gasteiger charge is 2.14. The van der Waals surface area contributed by atoms with Gasteiger partial charge in [0.2, 0.25) is 0 Å². The van der Waals surface area contributed by atoms with E-state index in [0.29, 0.717) is 34.1 Å². The minimum Gasteiger partial charge on any atom is -0.339 e. The highest BCUT2D eigenvalue weighted by Crippen LogP contribution is 2.23. The summed E-state index contributed by atoms with van der Waals surface area (Å²) in [6.07, 6.45) is 3.12. The zero-order valence-corrected chi connectivity index (χ0v) is 13.9. The first-order valence-corrected chi connectivity index (χ1v) is 8.03. The summed E-state index contributed by atoms with van der Waals surface area (Å²) in [6, 6.07) is 11.7. The molecule has 0 aliphatic rings. The number of anilines is 2. The highest BCUT2D eigenvalue weighted by molar-refractivity contribution is 5.78. The highest BCUT2D eigenvalue weighted by atomic mass is 19.1. The number of imidazole rings is 1. The molecule has 0 aliphatic heterocycles. The van der Waals surface area contributed by atoms with Gasteiger partial charge in [-0.1, -0.05) is 18.2 Å². The maximum Gasteiger partial charge on any atom is 0.159 e. The molecule has 4 aromatic rings. The number of nitrogens with zero attached hydrogens (tertiary/aromatic N) is 4. The molecule has 0 atom stereocenters. The Bertz CT molecular complexity index is 1070. The molecule has 0 saturated heterocycles. The first kappa shape index (κ1) is 16.1. The van der Waals surface area contributed by atoms with E-state index in [1.54, 1.807) is 60.3 Å². The molecule has 7 heteroatoms. The maximum atomic E-state index is 14.3. The van der Waals surface area contributed by atoms with Gasteiger partial charge in [0.05, 0.1) is 17.9 Å². The van der Waals surface area contributed by atoms with Crippen molar-refractivity contribution >= 4 is 22.5 Å². The van der Waals surface area contributed by atoms with Crippen LogP contribution < -0.4 is 5.32 Å². The minimum absolute atomic E-state index is 0.365.